The van der Waals surface area contributed by atoms with Crippen LogP contribution in [0, 0.1) is 19.7 Å². The Hall–Kier alpha value is -3.12. The molecule has 1 aliphatic carbocycles. The van der Waals surface area contributed by atoms with Gasteiger partial charge in [0, 0.05) is 22.6 Å². The van der Waals surface area contributed by atoms with Gasteiger partial charge in [0.1, 0.15) is 11.2 Å². The van der Waals surface area contributed by atoms with E-state index in [1.807, 2.05) is 62.0 Å². The van der Waals surface area contributed by atoms with Crippen molar-refractivity contribution in [2.75, 3.05) is 10.7 Å². The summed E-state index contributed by atoms with van der Waals surface area (Å²) in [5.41, 5.74) is 5.21. The Morgan fingerprint density at radius 3 is 2.21 bits per heavy atom. The zero-order valence-electron chi connectivity index (χ0n) is 18.6. The van der Waals surface area contributed by atoms with Gasteiger partial charge in [-0.15, -0.1) is 11.8 Å². The number of thioether (sulfide) groups is 1. The molecule has 5 rings (SSSR count). The minimum Gasteiger partial charge on any atom is -0.349 e. The summed E-state index contributed by atoms with van der Waals surface area (Å²) in [7, 11) is 0. The van der Waals surface area contributed by atoms with Gasteiger partial charge in [-0.05, 0) is 80.3 Å². The van der Waals surface area contributed by atoms with E-state index in [0.29, 0.717) is 11.1 Å². The molecule has 168 valence electrons. The first kappa shape index (κ1) is 21.7. The molecule has 3 aromatic rings. The van der Waals surface area contributed by atoms with E-state index in [1.54, 1.807) is 18.2 Å². The molecule has 1 saturated heterocycles. The number of rotatable bonds is 4. The lowest BCUT2D eigenvalue weighted by Crippen LogP contribution is -2.35. The molecule has 4 nitrogen and oxygen atoms in total. The van der Waals surface area contributed by atoms with E-state index in [2.05, 4.69) is 10.2 Å². The van der Waals surface area contributed by atoms with E-state index >= 15 is 0 Å². The summed E-state index contributed by atoms with van der Waals surface area (Å²) in [6.45, 7) is 3.94. The van der Waals surface area contributed by atoms with Gasteiger partial charge in [0.25, 0.3) is 11.8 Å². The number of hydrogen-bond acceptors (Lipinski definition) is 4. The van der Waals surface area contributed by atoms with Crippen molar-refractivity contribution in [3.8, 4) is 0 Å². The molecule has 1 atom stereocenters. The molecule has 1 N–H and O–H groups in total. The topological polar surface area (TPSA) is 49.4 Å². The number of anilines is 1. The molecule has 1 aliphatic heterocycles. The van der Waals surface area contributed by atoms with Crippen LogP contribution in [0.2, 0.25) is 0 Å². The molecule has 2 amide bonds. The predicted molar refractivity (Wildman–Crippen MR) is 130 cm³/mol. The van der Waals surface area contributed by atoms with Crippen LogP contribution in [-0.2, 0) is 0 Å². The molecular formula is C27H25FN2O2S. The van der Waals surface area contributed by atoms with Crippen molar-refractivity contribution >= 4 is 29.3 Å². The number of amides is 2. The van der Waals surface area contributed by atoms with Crippen LogP contribution in [0.5, 0.6) is 0 Å². The Kier molecular flexibility index (Phi) is 5.49. The lowest BCUT2D eigenvalue weighted by atomic mass is 10.0. The average Bonchev–Trinajstić information content (AvgIpc) is 3.49. The second-order valence-electron chi connectivity index (χ2n) is 8.96. The van der Waals surface area contributed by atoms with Crippen LogP contribution >= 0.6 is 11.8 Å². The van der Waals surface area contributed by atoms with E-state index in [-0.39, 0.29) is 16.7 Å². The average molecular weight is 461 g/mol. The van der Waals surface area contributed by atoms with Gasteiger partial charge in [-0.1, -0.05) is 29.8 Å². The summed E-state index contributed by atoms with van der Waals surface area (Å²) in [4.78, 5) is 27.6. The number of benzene rings is 3. The molecular weight excluding hydrogens is 435 g/mol. The molecule has 33 heavy (non-hydrogen) atoms. The fourth-order valence-electron chi connectivity index (χ4n) is 4.43. The van der Waals surface area contributed by atoms with Gasteiger partial charge in [-0.25, -0.2) is 4.39 Å². The van der Waals surface area contributed by atoms with Crippen LogP contribution in [0.15, 0.2) is 66.7 Å². The molecule has 2 aliphatic rings. The van der Waals surface area contributed by atoms with Gasteiger partial charge in [-0.3, -0.25) is 14.9 Å². The standard InChI is InChI=1S/C27H25FN2O2S/c1-17-3-5-19(6-4-17)24(31)29-25(32)21-9-12-23(18(2)15-21)30-26(33-16-27(30)13-14-27)20-7-10-22(28)11-8-20/h3-12,15,26H,13-14,16H2,1-2H3,(H,29,31,32). The quantitative estimate of drug-likeness (QED) is 0.500. The predicted octanol–water partition coefficient (Wildman–Crippen LogP) is 5.80. The monoisotopic (exact) mass is 460 g/mol. The highest BCUT2D eigenvalue weighted by molar-refractivity contribution is 8.00. The van der Waals surface area contributed by atoms with Gasteiger partial charge >= 0.3 is 0 Å². The van der Waals surface area contributed by atoms with Crippen molar-refractivity contribution in [1.82, 2.24) is 5.32 Å². The van der Waals surface area contributed by atoms with Crippen LogP contribution in [0.25, 0.3) is 0 Å². The van der Waals surface area contributed by atoms with Gasteiger partial charge in [0.05, 0.1) is 5.54 Å². The van der Waals surface area contributed by atoms with Crippen LogP contribution in [0.4, 0.5) is 10.1 Å². The van der Waals surface area contributed by atoms with E-state index in [1.165, 1.54) is 12.1 Å². The molecule has 0 radical (unpaired) electrons. The fourth-order valence-corrected chi connectivity index (χ4v) is 6.16. The van der Waals surface area contributed by atoms with Gasteiger partial charge in [0.2, 0.25) is 0 Å². The maximum atomic E-state index is 13.5. The Morgan fingerprint density at radius 2 is 1.58 bits per heavy atom. The number of nitrogens with one attached hydrogen (secondary N) is 1. The van der Waals surface area contributed by atoms with Crippen molar-refractivity contribution in [2.45, 2.75) is 37.6 Å². The fraction of sp³-hybridized carbons (Fsp3) is 0.259. The van der Waals surface area contributed by atoms with Gasteiger partial charge < -0.3 is 4.90 Å². The molecule has 1 unspecified atom stereocenters. The third kappa shape index (κ3) is 4.15. The second kappa shape index (κ2) is 8.34. The number of nitrogens with zero attached hydrogens (tertiary/aromatic N) is 1. The summed E-state index contributed by atoms with van der Waals surface area (Å²) in [6.07, 6.45) is 2.26. The first-order valence-corrected chi connectivity index (χ1v) is 12.1. The number of imide groups is 1. The van der Waals surface area contributed by atoms with Crippen molar-refractivity contribution in [3.63, 3.8) is 0 Å². The van der Waals surface area contributed by atoms with E-state index < -0.39 is 11.8 Å². The molecule has 6 heteroatoms. The summed E-state index contributed by atoms with van der Waals surface area (Å²) >= 11 is 1.88. The van der Waals surface area contributed by atoms with Crippen molar-refractivity contribution in [1.29, 1.82) is 0 Å². The van der Waals surface area contributed by atoms with Crippen molar-refractivity contribution < 1.29 is 14.0 Å². The third-order valence-electron chi connectivity index (χ3n) is 6.50. The summed E-state index contributed by atoms with van der Waals surface area (Å²) in [5.74, 6) is -0.0312. The van der Waals surface area contributed by atoms with Gasteiger partial charge in [0.15, 0.2) is 0 Å². The number of carbonyl (C=O) groups is 2. The molecule has 1 spiro atoms. The summed E-state index contributed by atoms with van der Waals surface area (Å²) < 4.78 is 13.5. The van der Waals surface area contributed by atoms with Crippen LogP contribution in [0.3, 0.4) is 0 Å². The Balaban J connectivity index is 1.38. The maximum Gasteiger partial charge on any atom is 0.258 e. The smallest absolute Gasteiger partial charge is 0.258 e. The molecule has 3 aromatic carbocycles. The molecule has 1 saturated carbocycles. The normalized spacial score (nSPS) is 18.4. The van der Waals surface area contributed by atoms with Crippen LogP contribution < -0.4 is 10.2 Å². The minimum atomic E-state index is -0.415. The van der Waals surface area contributed by atoms with E-state index in [0.717, 1.165) is 41.0 Å². The Bertz CT molecular complexity index is 1220. The van der Waals surface area contributed by atoms with Crippen LogP contribution in [-0.4, -0.2) is 23.1 Å². The Morgan fingerprint density at radius 1 is 0.939 bits per heavy atom. The molecule has 1 heterocycles. The maximum absolute atomic E-state index is 13.5. The highest BCUT2D eigenvalue weighted by Gasteiger charge is 2.55. The largest absolute Gasteiger partial charge is 0.349 e. The van der Waals surface area contributed by atoms with Crippen molar-refractivity contribution in [3.05, 3.63) is 100 Å². The van der Waals surface area contributed by atoms with Gasteiger partial charge in [-0.2, -0.15) is 0 Å². The van der Waals surface area contributed by atoms with E-state index in [9.17, 15) is 14.0 Å². The highest BCUT2D eigenvalue weighted by atomic mass is 32.2. The number of hydrogen-bond donors (Lipinski definition) is 1. The Labute approximate surface area is 197 Å². The second-order valence-corrected chi connectivity index (χ2v) is 10.0. The van der Waals surface area contributed by atoms with Crippen molar-refractivity contribution in [2.24, 2.45) is 0 Å². The van der Waals surface area contributed by atoms with Crippen LogP contribution in [0.1, 0.15) is 55.6 Å². The number of aryl methyl sites for hydroxylation is 2. The summed E-state index contributed by atoms with van der Waals surface area (Å²) in [6, 6.07) is 19.4. The lowest BCUT2D eigenvalue weighted by molar-refractivity contribution is 0.0849. The zero-order valence-corrected chi connectivity index (χ0v) is 19.4. The zero-order chi connectivity index (χ0) is 23.2. The molecule has 2 fully saturated rings. The SMILES string of the molecule is Cc1ccc(C(=O)NC(=O)c2ccc(N3C(c4ccc(F)cc4)SCC34CC4)c(C)c2)cc1. The minimum absolute atomic E-state index is 0.106. The molecule has 0 aromatic heterocycles. The summed E-state index contributed by atoms with van der Waals surface area (Å²) in [5, 5.41) is 2.59. The first-order valence-electron chi connectivity index (χ1n) is 11.1. The molecule has 0 bridgehead atoms. The number of carbonyl (C=O) groups excluding carboxylic acids is 2. The number of halogens is 1. The lowest BCUT2D eigenvalue weighted by Gasteiger charge is -2.33. The van der Waals surface area contributed by atoms with E-state index in [4.69, 9.17) is 0 Å². The third-order valence-corrected chi connectivity index (χ3v) is 8.00. The first-order chi connectivity index (χ1) is 15.9. The highest BCUT2D eigenvalue weighted by Crippen LogP contribution is 2.59.